The number of halogens is 1. The molecule has 0 atom stereocenters. The summed E-state index contributed by atoms with van der Waals surface area (Å²) in [5.74, 6) is -1.06. The second kappa shape index (κ2) is 11.4. The van der Waals surface area contributed by atoms with Crippen molar-refractivity contribution in [1.82, 2.24) is 4.98 Å². The zero-order chi connectivity index (χ0) is 28.4. The van der Waals surface area contributed by atoms with Gasteiger partial charge in [0.15, 0.2) is 0 Å². The van der Waals surface area contributed by atoms with Gasteiger partial charge in [-0.25, -0.2) is 18.2 Å². The van der Waals surface area contributed by atoms with Crippen LogP contribution in [0.3, 0.4) is 0 Å². The SMILES string of the molecule is CCOC(=O)c1sc(NC(=O)c2ccccc2NS(=O)(=O)c2ccc(Cl)cc2)c(-c2nc3ccccc3s2)c1C. The van der Waals surface area contributed by atoms with Gasteiger partial charge in [-0.3, -0.25) is 9.52 Å². The Morgan fingerprint density at radius 1 is 0.975 bits per heavy atom. The van der Waals surface area contributed by atoms with Crippen molar-refractivity contribution in [3.05, 3.63) is 93.8 Å². The van der Waals surface area contributed by atoms with Crippen LogP contribution in [0.25, 0.3) is 20.8 Å². The van der Waals surface area contributed by atoms with Crippen molar-refractivity contribution in [3.8, 4) is 10.6 Å². The van der Waals surface area contributed by atoms with Crippen LogP contribution in [0.1, 0.15) is 32.5 Å². The van der Waals surface area contributed by atoms with Crippen molar-refractivity contribution < 1.29 is 22.7 Å². The molecule has 8 nitrogen and oxygen atoms in total. The average molecular weight is 612 g/mol. The Kier molecular flexibility index (Phi) is 7.90. The number of anilines is 2. The predicted molar refractivity (Wildman–Crippen MR) is 160 cm³/mol. The van der Waals surface area contributed by atoms with E-state index in [1.54, 1.807) is 26.0 Å². The molecule has 12 heteroatoms. The van der Waals surface area contributed by atoms with Crippen LogP contribution in [0.2, 0.25) is 5.02 Å². The third-order valence-electron chi connectivity index (χ3n) is 5.88. The van der Waals surface area contributed by atoms with Crippen molar-refractivity contribution in [1.29, 1.82) is 0 Å². The number of para-hydroxylation sites is 2. The summed E-state index contributed by atoms with van der Waals surface area (Å²) in [6.07, 6.45) is 0. The number of nitrogens with zero attached hydrogens (tertiary/aromatic N) is 1. The molecule has 0 unspecified atom stereocenters. The van der Waals surface area contributed by atoms with Crippen LogP contribution in [0, 0.1) is 6.92 Å². The van der Waals surface area contributed by atoms with Gasteiger partial charge < -0.3 is 10.1 Å². The van der Waals surface area contributed by atoms with Gasteiger partial charge in [0.1, 0.15) is 14.9 Å². The second-order valence-electron chi connectivity index (χ2n) is 8.53. The average Bonchev–Trinajstić information content (AvgIpc) is 3.49. The van der Waals surface area contributed by atoms with Crippen molar-refractivity contribution in [2.45, 2.75) is 18.7 Å². The van der Waals surface area contributed by atoms with Gasteiger partial charge in [0, 0.05) is 10.6 Å². The zero-order valence-corrected chi connectivity index (χ0v) is 24.4. The van der Waals surface area contributed by atoms with E-state index in [0.717, 1.165) is 21.6 Å². The Hall–Kier alpha value is -3.77. The molecule has 1 amide bonds. The minimum atomic E-state index is -4.00. The Morgan fingerprint density at radius 3 is 2.40 bits per heavy atom. The van der Waals surface area contributed by atoms with E-state index in [0.29, 0.717) is 31.0 Å². The van der Waals surface area contributed by atoms with Crippen LogP contribution in [0.4, 0.5) is 10.7 Å². The maximum Gasteiger partial charge on any atom is 0.348 e. The lowest BCUT2D eigenvalue weighted by atomic mass is 10.1. The first kappa shape index (κ1) is 27.8. The number of benzene rings is 3. The summed E-state index contributed by atoms with van der Waals surface area (Å²) >= 11 is 8.42. The van der Waals surface area contributed by atoms with Gasteiger partial charge in [-0.1, -0.05) is 35.9 Å². The van der Waals surface area contributed by atoms with Gasteiger partial charge in [-0.2, -0.15) is 0 Å². The largest absolute Gasteiger partial charge is 0.462 e. The molecule has 5 aromatic rings. The van der Waals surface area contributed by atoms with E-state index in [1.807, 2.05) is 24.3 Å². The smallest absolute Gasteiger partial charge is 0.348 e. The summed E-state index contributed by atoms with van der Waals surface area (Å²) in [5.41, 5.74) is 2.23. The summed E-state index contributed by atoms with van der Waals surface area (Å²) < 4.78 is 34.7. The van der Waals surface area contributed by atoms with Gasteiger partial charge in [0.05, 0.1) is 33.0 Å². The number of rotatable bonds is 8. The predicted octanol–water partition coefficient (Wildman–Crippen LogP) is 7.22. The molecule has 0 aliphatic rings. The highest BCUT2D eigenvalue weighted by molar-refractivity contribution is 7.92. The lowest BCUT2D eigenvalue weighted by Crippen LogP contribution is -2.18. The number of fused-ring (bicyclic) bond motifs is 1. The van der Waals surface area contributed by atoms with Crippen molar-refractivity contribution >= 4 is 77.1 Å². The molecule has 0 bridgehead atoms. The minimum Gasteiger partial charge on any atom is -0.462 e. The van der Waals surface area contributed by atoms with E-state index in [-0.39, 0.29) is 22.8 Å². The van der Waals surface area contributed by atoms with Gasteiger partial charge in [-0.15, -0.1) is 22.7 Å². The standard InChI is InChI=1S/C28H22ClN3O5S3/c1-3-37-28(34)24-16(2)23(26-30-21-10-6-7-11-22(21)38-26)27(39-24)31-25(33)19-8-4-5-9-20(19)32-40(35,36)18-14-12-17(29)13-15-18/h4-15,32H,3H2,1-2H3,(H,31,33). The number of hydrogen-bond donors (Lipinski definition) is 2. The molecule has 0 fully saturated rings. The van der Waals surface area contributed by atoms with Crippen molar-refractivity contribution in [3.63, 3.8) is 0 Å². The zero-order valence-electron chi connectivity index (χ0n) is 21.2. The van der Waals surface area contributed by atoms with Crippen LogP contribution in [-0.4, -0.2) is 31.9 Å². The molecule has 3 aromatic carbocycles. The molecule has 204 valence electrons. The van der Waals surface area contributed by atoms with Crippen LogP contribution < -0.4 is 10.0 Å². The lowest BCUT2D eigenvalue weighted by Gasteiger charge is -2.13. The van der Waals surface area contributed by atoms with Gasteiger partial charge >= 0.3 is 5.97 Å². The summed E-state index contributed by atoms with van der Waals surface area (Å²) in [6.45, 7) is 3.71. The molecule has 2 N–H and O–H groups in total. The fraction of sp³-hybridized carbons (Fsp3) is 0.107. The minimum absolute atomic E-state index is 0.00167. The number of thiazole rings is 1. The van der Waals surface area contributed by atoms with Gasteiger partial charge in [-0.05, 0) is 67.9 Å². The van der Waals surface area contributed by atoms with E-state index in [4.69, 9.17) is 21.3 Å². The van der Waals surface area contributed by atoms with E-state index in [2.05, 4.69) is 10.0 Å². The van der Waals surface area contributed by atoms with Gasteiger partial charge in [0.2, 0.25) is 0 Å². The van der Waals surface area contributed by atoms with E-state index >= 15 is 0 Å². The van der Waals surface area contributed by atoms with E-state index in [1.165, 1.54) is 47.7 Å². The highest BCUT2D eigenvalue weighted by Gasteiger charge is 2.26. The molecule has 5 rings (SSSR count). The number of aromatic nitrogens is 1. The highest BCUT2D eigenvalue weighted by Crippen LogP contribution is 2.44. The second-order valence-corrected chi connectivity index (χ2v) is 12.7. The molecule has 0 aliphatic heterocycles. The van der Waals surface area contributed by atoms with Gasteiger partial charge in [0.25, 0.3) is 15.9 Å². The quantitative estimate of drug-likeness (QED) is 0.179. The first-order valence-corrected chi connectivity index (χ1v) is 15.5. The van der Waals surface area contributed by atoms with E-state index < -0.39 is 21.9 Å². The maximum absolute atomic E-state index is 13.6. The fourth-order valence-electron chi connectivity index (χ4n) is 3.99. The topological polar surface area (TPSA) is 114 Å². The number of carbonyl (C=O) groups is 2. The molecular weight excluding hydrogens is 590 g/mol. The first-order chi connectivity index (χ1) is 19.2. The molecule has 0 spiro atoms. The van der Waals surface area contributed by atoms with E-state index in [9.17, 15) is 18.0 Å². The van der Waals surface area contributed by atoms with Crippen LogP contribution in [0.15, 0.2) is 77.7 Å². The fourth-order valence-corrected chi connectivity index (χ4v) is 7.43. The first-order valence-electron chi connectivity index (χ1n) is 12.0. The number of amides is 1. The summed E-state index contributed by atoms with van der Waals surface area (Å²) in [4.78, 5) is 31.4. The molecule has 40 heavy (non-hydrogen) atoms. The molecule has 0 aliphatic carbocycles. The summed E-state index contributed by atoms with van der Waals surface area (Å²) in [5, 5.41) is 4.33. The lowest BCUT2D eigenvalue weighted by molar-refractivity contribution is 0.0531. The molecule has 2 aromatic heterocycles. The third-order valence-corrected chi connectivity index (χ3v) is 9.76. The number of hydrogen-bond acceptors (Lipinski definition) is 8. The normalized spacial score (nSPS) is 11.4. The molecular formula is C28H22ClN3O5S3. The Bertz CT molecular complexity index is 1810. The maximum atomic E-state index is 13.6. The number of ether oxygens (including phenoxy) is 1. The summed E-state index contributed by atoms with van der Waals surface area (Å²) in [6, 6.07) is 19.6. The van der Waals surface area contributed by atoms with Crippen molar-refractivity contribution in [2.24, 2.45) is 0 Å². The monoisotopic (exact) mass is 611 g/mol. The van der Waals surface area contributed by atoms with Crippen molar-refractivity contribution in [2.75, 3.05) is 16.6 Å². The highest BCUT2D eigenvalue weighted by atomic mass is 35.5. The molecule has 0 saturated heterocycles. The Morgan fingerprint density at radius 2 is 1.68 bits per heavy atom. The molecule has 2 heterocycles. The van der Waals surface area contributed by atoms with Crippen LogP contribution in [-0.2, 0) is 14.8 Å². The molecule has 0 radical (unpaired) electrons. The Balaban J connectivity index is 1.52. The third kappa shape index (κ3) is 5.59. The number of sulfonamides is 1. The number of nitrogens with one attached hydrogen (secondary N) is 2. The number of carbonyl (C=O) groups excluding carboxylic acids is 2. The summed E-state index contributed by atoms with van der Waals surface area (Å²) in [7, 11) is -4.00. The Labute approximate surface area is 243 Å². The van der Waals surface area contributed by atoms with Crippen LogP contribution in [0.5, 0.6) is 0 Å². The number of thiophene rings is 1. The number of esters is 1. The molecule has 0 saturated carbocycles. The van der Waals surface area contributed by atoms with Crippen LogP contribution >= 0.6 is 34.3 Å².